The Balaban J connectivity index is 0.00000127. The van der Waals surface area contributed by atoms with E-state index in [1.54, 1.807) is 38.5 Å². The lowest BCUT2D eigenvalue weighted by molar-refractivity contribution is 0.121. The third kappa shape index (κ3) is 7.18. The predicted octanol–water partition coefficient (Wildman–Crippen LogP) is 8.25. The highest BCUT2D eigenvalue weighted by Gasteiger charge is 2.32. The van der Waals surface area contributed by atoms with E-state index in [9.17, 15) is 0 Å². The third-order valence-electron chi connectivity index (χ3n) is 6.80. The van der Waals surface area contributed by atoms with E-state index >= 15 is 0 Å². The Morgan fingerprint density at radius 2 is 1.22 bits per heavy atom. The van der Waals surface area contributed by atoms with Gasteiger partial charge < -0.3 is 0 Å². The van der Waals surface area contributed by atoms with Gasteiger partial charge in [-0.2, -0.15) is 0 Å². The van der Waals surface area contributed by atoms with Crippen LogP contribution in [0.4, 0.5) is 0 Å². The van der Waals surface area contributed by atoms with E-state index < -0.39 is 0 Å². The molecule has 2 aliphatic carbocycles. The number of hydrogen-bond donors (Lipinski definition) is 0. The molecule has 0 aromatic rings. The molecule has 0 bridgehead atoms. The molecule has 23 heavy (non-hydrogen) atoms. The zero-order valence-electron chi connectivity index (χ0n) is 17.1. The summed E-state index contributed by atoms with van der Waals surface area (Å²) < 4.78 is 0. The molecule has 2 fully saturated rings. The van der Waals surface area contributed by atoms with Gasteiger partial charge in [0.15, 0.2) is 0 Å². The molecule has 0 N–H and O–H groups in total. The van der Waals surface area contributed by atoms with Crippen LogP contribution in [0.5, 0.6) is 0 Å². The van der Waals surface area contributed by atoms with Crippen LogP contribution in [-0.2, 0) is 0 Å². The standard InChI is InChI=1S/C21H40.C2H6/c1-4-6-8-18(7-5-2)20-13-15-21(16-14-20)19-11-9-17(3)10-12-19;1-2/h17-21H,4-16H2,1-3H3;1-2H3. The first kappa shape index (κ1) is 21.0. The smallest absolute Gasteiger partial charge is 0.0386 e. The summed E-state index contributed by atoms with van der Waals surface area (Å²) in [7, 11) is 0. The molecule has 1 unspecified atom stereocenters. The first-order valence-corrected chi connectivity index (χ1v) is 11.2. The van der Waals surface area contributed by atoms with E-state index in [4.69, 9.17) is 0 Å². The summed E-state index contributed by atoms with van der Waals surface area (Å²) in [5, 5.41) is 0. The lowest BCUT2D eigenvalue weighted by atomic mass is 9.66. The highest BCUT2D eigenvalue weighted by Crippen LogP contribution is 2.44. The second kappa shape index (κ2) is 12.4. The van der Waals surface area contributed by atoms with Gasteiger partial charge in [0.25, 0.3) is 0 Å². The molecule has 0 aliphatic heterocycles. The van der Waals surface area contributed by atoms with Crippen molar-refractivity contribution in [3.63, 3.8) is 0 Å². The average Bonchev–Trinajstić information content (AvgIpc) is 2.61. The molecule has 0 nitrogen and oxygen atoms in total. The molecule has 0 amide bonds. The Kier molecular flexibility index (Phi) is 11.3. The van der Waals surface area contributed by atoms with Crippen LogP contribution in [0.1, 0.15) is 118 Å². The molecule has 0 heterocycles. The summed E-state index contributed by atoms with van der Waals surface area (Å²) in [4.78, 5) is 0. The summed E-state index contributed by atoms with van der Waals surface area (Å²) in [5.74, 6) is 5.35. The van der Waals surface area contributed by atoms with Crippen molar-refractivity contribution < 1.29 is 0 Å². The number of hydrogen-bond acceptors (Lipinski definition) is 0. The van der Waals surface area contributed by atoms with Gasteiger partial charge in [-0.3, -0.25) is 0 Å². The molecule has 138 valence electrons. The largest absolute Gasteiger partial charge is 0.0683 e. The van der Waals surface area contributed by atoms with Crippen molar-refractivity contribution in [2.45, 2.75) is 118 Å². The minimum atomic E-state index is 1.01. The monoisotopic (exact) mass is 322 g/mol. The Bertz CT molecular complexity index is 253. The van der Waals surface area contributed by atoms with Crippen molar-refractivity contribution in [1.82, 2.24) is 0 Å². The molecule has 0 aromatic carbocycles. The Morgan fingerprint density at radius 1 is 0.696 bits per heavy atom. The Hall–Kier alpha value is 0. The lowest BCUT2D eigenvalue weighted by Gasteiger charge is -2.39. The fourth-order valence-corrected chi connectivity index (χ4v) is 5.30. The first-order valence-electron chi connectivity index (χ1n) is 11.2. The Labute approximate surface area is 148 Å². The zero-order valence-corrected chi connectivity index (χ0v) is 17.1. The first-order chi connectivity index (χ1) is 11.2. The van der Waals surface area contributed by atoms with Gasteiger partial charge in [0.05, 0.1) is 0 Å². The summed E-state index contributed by atoms with van der Waals surface area (Å²) in [6, 6.07) is 0. The SMILES string of the molecule is CC.CCCCC(CCC)C1CCC(C2CCC(C)CC2)CC1. The van der Waals surface area contributed by atoms with Gasteiger partial charge in [-0.15, -0.1) is 0 Å². The summed E-state index contributed by atoms with van der Waals surface area (Å²) in [6.45, 7) is 11.2. The van der Waals surface area contributed by atoms with E-state index in [0.29, 0.717) is 0 Å². The van der Waals surface area contributed by atoms with Crippen LogP contribution in [0.25, 0.3) is 0 Å². The van der Waals surface area contributed by atoms with Crippen LogP contribution < -0.4 is 0 Å². The fourth-order valence-electron chi connectivity index (χ4n) is 5.30. The lowest BCUT2D eigenvalue weighted by Crippen LogP contribution is -2.28. The fraction of sp³-hybridized carbons (Fsp3) is 1.00. The van der Waals surface area contributed by atoms with Crippen LogP contribution >= 0.6 is 0 Å². The van der Waals surface area contributed by atoms with Crippen LogP contribution in [0.2, 0.25) is 0 Å². The average molecular weight is 323 g/mol. The van der Waals surface area contributed by atoms with Crippen molar-refractivity contribution in [3.8, 4) is 0 Å². The van der Waals surface area contributed by atoms with Crippen LogP contribution in [0, 0.1) is 29.6 Å². The van der Waals surface area contributed by atoms with Crippen LogP contribution in [0.15, 0.2) is 0 Å². The van der Waals surface area contributed by atoms with E-state index in [-0.39, 0.29) is 0 Å². The molecule has 0 saturated heterocycles. The normalized spacial score (nSPS) is 32.7. The highest BCUT2D eigenvalue weighted by molar-refractivity contribution is 4.83. The van der Waals surface area contributed by atoms with Gasteiger partial charge in [-0.05, 0) is 68.1 Å². The maximum atomic E-state index is 2.45. The minimum absolute atomic E-state index is 1.01. The van der Waals surface area contributed by atoms with Gasteiger partial charge in [-0.1, -0.05) is 79.6 Å². The molecular formula is C23H46. The highest BCUT2D eigenvalue weighted by atomic mass is 14.4. The van der Waals surface area contributed by atoms with Crippen LogP contribution in [-0.4, -0.2) is 0 Å². The van der Waals surface area contributed by atoms with Crippen molar-refractivity contribution in [3.05, 3.63) is 0 Å². The molecule has 2 rings (SSSR count). The van der Waals surface area contributed by atoms with Gasteiger partial charge in [-0.25, -0.2) is 0 Å². The second-order valence-corrected chi connectivity index (χ2v) is 8.39. The molecule has 1 atom stereocenters. The molecule has 0 heteroatoms. The topological polar surface area (TPSA) is 0 Å². The van der Waals surface area contributed by atoms with Gasteiger partial charge >= 0.3 is 0 Å². The number of unbranched alkanes of at least 4 members (excludes halogenated alkanes) is 1. The van der Waals surface area contributed by atoms with Crippen molar-refractivity contribution >= 4 is 0 Å². The molecule has 0 radical (unpaired) electrons. The Morgan fingerprint density at radius 3 is 1.70 bits per heavy atom. The van der Waals surface area contributed by atoms with Crippen molar-refractivity contribution in [2.75, 3.05) is 0 Å². The van der Waals surface area contributed by atoms with E-state index in [0.717, 1.165) is 29.6 Å². The summed E-state index contributed by atoms with van der Waals surface area (Å²) in [6.07, 6.45) is 19.6. The van der Waals surface area contributed by atoms with E-state index in [1.807, 2.05) is 13.8 Å². The summed E-state index contributed by atoms with van der Waals surface area (Å²) in [5.41, 5.74) is 0. The van der Waals surface area contributed by atoms with Gasteiger partial charge in [0.1, 0.15) is 0 Å². The predicted molar refractivity (Wildman–Crippen MR) is 106 cm³/mol. The molecule has 0 aromatic heterocycles. The number of rotatable bonds is 7. The van der Waals surface area contributed by atoms with E-state index in [1.165, 1.54) is 44.9 Å². The van der Waals surface area contributed by atoms with Gasteiger partial charge in [0.2, 0.25) is 0 Å². The maximum Gasteiger partial charge on any atom is -0.0386 e. The molecule has 0 spiro atoms. The quantitative estimate of drug-likeness (QED) is 0.442. The van der Waals surface area contributed by atoms with E-state index in [2.05, 4.69) is 20.8 Å². The maximum absolute atomic E-state index is 2.45. The van der Waals surface area contributed by atoms with Crippen molar-refractivity contribution in [1.29, 1.82) is 0 Å². The molecular weight excluding hydrogens is 276 g/mol. The molecule has 2 aliphatic rings. The van der Waals surface area contributed by atoms with Gasteiger partial charge in [0, 0.05) is 0 Å². The second-order valence-electron chi connectivity index (χ2n) is 8.39. The van der Waals surface area contributed by atoms with Crippen LogP contribution in [0.3, 0.4) is 0 Å². The van der Waals surface area contributed by atoms with Crippen molar-refractivity contribution in [2.24, 2.45) is 29.6 Å². The minimum Gasteiger partial charge on any atom is -0.0683 e. The molecule has 2 saturated carbocycles. The third-order valence-corrected chi connectivity index (χ3v) is 6.80. The zero-order chi connectivity index (χ0) is 17.1. The summed E-state index contributed by atoms with van der Waals surface area (Å²) >= 11 is 0.